The predicted octanol–water partition coefficient (Wildman–Crippen LogP) is 3.77. The van der Waals surface area contributed by atoms with E-state index in [1.165, 1.54) is 4.31 Å². The minimum Gasteiger partial charge on any atom is -0.268 e. The molecule has 6 nitrogen and oxygen atoms in total. The Bertz CT molecular complexity index is 1330. The van der Waals surface area contributed by atoms with Gasteiger partial charge in [-0.3, -0.25) is 9.10 Å². The van der Waals surface area contributed by atoms with E-state index in [0.29, 0.717) is 22.7 Å². The van der Waals surface area contributed by atoms with Gasteiger partial charge in [0.05, 0.1) is 16.3 Å². The SMILES string of the molecule is Cc1ccc(-c2n[nH]c(=O)c3c2CCCC3)cc1S(=O)(=O)N1CCCc2ccccc21. The van der Waals surface area contributed by atoms with Crippen LogP contribution in [0.2, 0.25) is 0 Å². The molecule has 31 heavy (non-hydrogen) atoms. The van der Waals surface area contributed by atoms with Gasteiger partial charge in [-0.2, -0.15) is 5.10 Å². The van der Waals surface area contributed by atoms with E-state index in [4.69, 9.17) is 0 Å². The molecule has 0 radical (unpaired) electrons. The van der Waals surface area contributed by atoms with Crippen molar-refractivity contribution in [1.29, 1.82) is 0 Å². The maximum absolute atomic E-state index is 13.7. The van der Waals surface area contributed by atoms with Crippen LogP contribution in [0.3, 0.4) is 0 Å². The molecular weight excluding hydrogens is 410 g/mol. The second-order valence-electron chi connectivity index (χ2n) is 8.36. The quantitative estimate of drug-likeness (QED) is 0.679. The van der Waals surface area contributed by atoms with Crippen molar-refractivity contribution in [2.24, 2.45) is 0 Å². The first-order valence-electron chi connectivity index (χ1n) is 10.8. The highest BCUT2D eigenvalue weighted by Crippen LogP contribution is 2.35. The number of H-pyrrole nitrogens is 1. The lowest BCUT2D eigenvalue weighted by Crippen LogP contribution is -2.35. The molecule has 2 heterocycles. The fourth-order valence-corrected chi connectivity index (χ4v) is 6.59. The Kier molecular flexibility index (Phi) is 4.93. The van der Waals surface area contributed by atoms with E-state index in [9.17, 15) is 13.2 Å². The molecule has 3 aromatic rings. The number of para-hydroxylation sites is 1. The summed E-state index contributed by atoms with van der Waals surface area (Å²) in [7, 11) is -3.73. The number of fused-ring (bicyclic) bond motifs is 2. The molecule has 0 fully saturated rings. The normalized spacial score (nSPS) is 16.0. The summed E-state index contributed by atoms with van der Waals surface area (Å²) in [6.07, 6.45) is 5.20. The first-order chi connectivity index (χ1) is 15.0. The zero-order valence-electron chi connectivity index (χ0n) is 17.5. The van der Waals surface area contributed by atoms with Gasteiger partial charge in [0.15, 0.2) is 0 Å². The molecule has 0 amide bonds. The zero-order chi connectivity index (χ0) is 21.6. The Morgan fingerprint density at radius 3 is 2.58 bits per heavy atom. The molecule has 2 aromatic carbocycles. The van der Waals surface area contributed by atoms with E-state index in [0.717, 1.165) is 66.5 Å². The Morgan fingerprint density at radius 2 is 1.74 bits per heavy atom. The van der Waals surface area contributed by atoms with Crippen molar-refractivity contribution in [3.8, 4) is 11.3 Å². The number of nitrogens with one attached hydrogen (secondary N) is 1. The van der Waals surface area contributed by atoms with Gasteiger partial charge < -0.3 is 0 Å². The first kappa shape index (κ1) is 20.0. The Labute approximate surface area is 182 Å². The minimum atomic E-state index is -3.73. The molecule has 160 valence electrons. The zero-order valence-corrected chi connectivity index (χ0v) is 18.3. The van der Waals surface area contributed by atoms with Crippen LogP contribution >= 0.6 is 0 Å². The van der Waals surface area contributed by atoms with Crippen molar-refractivity contribution in [2.45, 2.75) is 50.3 Å². The van der Waals surface area contributed by atoms with Crippen LogP contribution in [0, 0.1) is 6.92 Å². The van der Waals surface area contributed by atoms with Crippen LogP contribution in [-0.2, 0) is 29.3 Å². The Morgan fingerprint density at radius 1 is 0.968 bits per heavy atom. The lowest BCUT2D eigenvalue weighted by Gasteiger charge is -2.31. The monoisotopic (exact) mass is 435 g/mol. The lowest BCUT2D eigenvalue weighted by atomic mass is 9.90. The van der Waals surface area contributed by atoms with Crippen LogP contribution in [0.1, 0.15) is 41.5 Å². The van der Waals surface area contributed by atoms with Gasteiger partial charge in [-0.1, -0.05) is 30.3 Å². The fraction of sp³-hybridized carbons (Fsp3) is 0.333. The third-order valence-electron chi connectivity index (χ3n) is 6.39. The first-order valence-corrected chi connectivity index (χ1v) is 12.2. The van der Waals surface area contributed by atoms with Gasteiger partial charge in [0.2, 0.25) is 0 Å². The van der Waals surface area contributed by atoms with Crippen molar-refractivity contribution in [1.82, 2.24) is 10.2 Å². The molecule has 0 spiro atoms. The molecule has 1 aliphatic carbocycles. The van der Waals surface area contributed by atoms with Crippen LogP contribution in [0.5, 0.6) is 0 Å². The molecule has 5 rings (SSSR count). The third-order valence-corrected chi connectivity index (χ3v) is 8.35. The summed E-state index contributed by atoms with van der Waals surface area (Å²) in [5, 5.41) is 6.93. The maximum atomic E-state index is 13.7. The van der Waals surface area contributed by atoms with Gasteiger partial charge in [0.1, 0.15) is 0 Å². The van der Waals surface area contributed by atoms with Crippen LogP contribution in [0.25, 0.3) is 11.3 Å². The van der Waals surface area contributed by atoms with Crippen molar-refractivity contribution < 1.29 is 8.42 Å². The number of benzene rings is 2. The Hall–Kier alpha value is -2.93. The van der Waals surface area contributed by atoms with E-state index in [1.807, 2.05) is 43.3 Å². The number of hydrogen-bond donors (Lipinski definition) is 1. The third kappa shape index (κ3) is 3.37. The highest BCUT2D eigenvalue weighted by Gasteiger charge is 2.31. The minimum absolute atomic E-state index is 0.136. The van der Waals surface area contributed by atoms with Gasteiger partial charge in [-0.05, 0) is 74.3 Å². The van der Waals surface area contributed by atoms with E-state index < -0.39 is 10.0 Å². The second-order valence-corrected chi connectivity index (χ2v) is 10.2. The summed E-state index contributed by atoms with van der Waals surface area (Å²) in [5.41, 5.74) is 5.53. The maximum Gasteiger partial charge on any atom is 0.267 e. The van der Waals surface area contributed by atoms with Crippen LogP contribution in [0.4, 0.5) is 5.69 Å². The number of aryl methyl sites for hydroxylation is 2. The highest BCUT2D eigenvalue weighted by molar-refractivity contribution is 7.92. The molecule has 1 aromatic heterocycles. The molecule has 0 saturated heterocycles. The molecule has 2 aliphatic rings. The number of aromatic amines is 1. The fourth-order valence-electron chi connectivity index (χ4n) is 4.79. The van der Waals surface area contributed by atoms with Gasteiger partial charge in [0, 0.05) is 17.7 Å². The number of rotatable bonds is 3. The van der Waals surface area contributed by atoms with Crippen molar-refractivity contribution in [3.63, 3.8) is 0 Å². The van der Waals surface area contributed by atoms with E-state index in [1.54, 1.807) is 6.07 Å². The van der Waals surface area contributed by atoms with Gasteiger partial charge >= 0.3 is 0 Å². The van der Waals surface area contributed by atoms with E-state index in [-0.39, 0.29) is 5.56 Å². The molecule has 7 heteroatoms. The molecule has 0 bridgehead atoms. The largest absolute Gasteiger partial charge is 0.268 e. The van der Waals surface area contributed by atoms with Crippen molar-refractivity contribution in [2.75, 3.05) is 10.8 Å². The molecule has 1 aliphatic heterocycles. The summed E-state index contributed by atoms with van der Waals surface area (Å²) in [4.78, 5) is 12.5. The molecule has 0 atom stereocenters. The van der Waals surface area contributed by atoms with Crippen molar-refractivity contribution >= 4 is 15.7 Å². The Balaban J connectivity index is 1.63. The van der Waals surface area contributed by atoms with E-state index in [2.05, 4.69) is 10.2 Å². The average Bonchev–Trinajstić information content (AvgIpc) is 2.79. The second kappa shape index (κ2) is 7.64. The van der Waals surface area contributed by atoms with Crippen LogP contribution in [-0.4, -0.2) is 25.2 Å². The number of anilines is 1. The van der Waals surface area contributed by atoms with Gasteiger partial charge in [0.25, 0.3) is 15.6 Å². The number of nitrogens with zero attached hydrogens (tertiary/aromatic N) is 2. The van der Waals surface area contributed by atoms with Gasteiger partial charge in [-0.25, -0.2) is 13.5 Å². The average molecular weight is 436 g/mol. The molecular formula is C24H25N3O3S. The molecule has 1 N–H and O–H groups in total. The van der Waals surface area contributed by atoms with Crippen molar-refractivity contribution in [3.05, 3.63) is 75.1 Å². The number of sulfonamides is 1. The molecule has 0 unspecified atom stereocenters. The lowest BCUT2D eigenvalue weighted by molar-refractivity contribution is 0.586. The summed E-state index contributed by atoms with van der Waals surface area (Å²) < 4.78 is 29.0. The smallest absolute Gasteiger partial charge is 0.267 e. The number of aromatic nitrogens is 2. The summed E-state index contributed by atoms with van der Waals surface area (Å²) in [6.45, 7) is 2.29. The predicted molar refractivity (Wildman–Crippen MR) is 121 cm³/mol. The van der Waals surface area contributed by atoms with Crippen LogP contribution < -0.4 is 9.86 Å². The number of hydrogen-bond acceptors (Lipinski definition) is 4. The van der Waals surface area contributed by atoms with E-state index >= 15 is 0 Å². The van der Waals surface area contributed by atoms with Gasteiger partial charge in [-0.15, -0.1) is 0 Å². The molecule has 0 saturated carbocycles. The topological polar surface area (TPSA) is 83.1 Å². The highest BCUT2D eigenvalue weighted by atomic mass is 32.2. The standard InChI is InChI=1S/C24H25N3O3S/c1-16-12-13-18(23-19-9-3-4-10-20(19)24(28)26-25-23)15-22(16)31(29,30)27-14-6-8-17-7-2-5-11-21(17)27/h2,5,7,11-13,15H,3-4,6,8-10,14H2,1H3,(H,26,28). The summed E-state index contributed by atoms with van der Waals surface area (Å²) in [5.74, 6) is 0. The summed E-state index contributed by atoms with van der Waals surface area (Å²) >= 11 is 0. The summed E-state index contributed by atoms with van der Waals surface area (Å²) in [6, 6.07) is 13.2. The van der Waals surface area contributed by atoms with Crippen LogP contribution in [0.15, 0.2) is 52.2 Å².